The molecule has 1 aliphatic heterocycles. The van der Waals surface area contributed by atoms with Gasteiger partial charge in [-0.1, -0.05) is 0 Å². The maximum atomic E-state index is 11.7. The molecule has 1 unspecified atom stereocenters. The number of nitro groups is 1. The van der Waals surface area contributed by atoms with Crippen molar-refractivity contribution >= 4 is 17.3 Å². The van der Waals surface area contributed by atoms with Gasteiger partial charge in [-0.05, 0) is 37.9 Å². The number of non-ortho nitro benzene ring substituents is 1. The number of nitro benzene ring substituents is 1. The number of nitrogens with one attached hydrogen (secondary N) is 3. The summed E-state index contributed by atoms with van der Waals surface area (Å²) in [6.45, 7) is 2.40. The number of benzene rings is 1. The zero-order chi connectivity index (χ0) is 15.8. The molecular formula is C15H22N4O3. The van der Waals surface area contributed by atoms with Gasteiger partial charge >= 0.3 is 0 Å². The minimum atomic E-state index is -0.423. The van der Waals surface area contributed by atoms with Crippen molar-refractivity contribution in [2.24, 2.45) is 0 Å². The lowest BCUT2D eigenvalue weighted by molar-refractivity contribution is -0.384. The van der Waals surface area contributed by atoms with E-state index in [0.717, 1.165) is 25.1 Å². The van der Waals surface area contributed by atoms with Crippen LogP contribution in [0.15, 0.2) is 24.3 Å². The molecule has 1 aliphatic rings. The molecule has 1 heterocycles. The Morgan fingerprint density at radius 1 is 1.36 bits per heavy atom. The number of carbonyl (C=O) groups is 1. The van der Waals surface area contributed by atoms with Gasteiger partial charge in [0.15, 0.2) is 0 Å². The maximum Gasteiger partial charge on any atom is 0.269 e. The molecule has 1 saturated heterocycles. The lowest BCUT2D eigenvalue weighted by atomic mass is 10.2. The highest BCUT2D eigenvalue weighted by atomic mass is 16.6. The van der Waals surface area contributed by atoms with Gasteiger partial charge < -0.3 is 16.0 Å². The van der Waals surface area contributed by atoms with Crippen molar-refractivity contribution in [2.75, 3.05) is 25.0 Å². The highest BCUT2D eigenvalue weighted by Gasteiger charge is 2.14. The summed E-state index contributed by atoms with van der Waals surface area (Å²) in [6, 6.07) is 6.68. The van der Waals surface area contributed by atoms with Gasteiger partial charge in [0.2, 0.25) is 5.91 Å². The molecule has 2 rings (SSSR count). The van der Waals surface area contributed by atoms with Crippen molar-refractivity contribution in [1.29, 1.82) is 0 Å². The minimum Gasteiger partial charge on any atom is -0.385 e. The first kappa shape index (κ1) is 16.2. The zero-order valence-corrected chi connectivity index (χ0v) is 12.5. The van der Waals surface area contributed by atoms with E-state index in [2.05, 4.69) is 16.0 Å². The van der Waals surface area contributed by atoms with Gasteiger partial charge in [0.1, 0.15) is 0 Å². The van der Waals surface area contributed by atoms with Crippen LogP contribution in [-0.2, 0) is 4.79 Å². The molecule has 1 atom stereocenters. The van der Waals surface area contributed by atoms with E-state index in [9.17, 15) is 14.9 Å². The normalized spacial score (nSPS) is 17.2. The van der Waals surface area contributed by atoms with Crippen LogP contribution in [0.5, 0.6) is 0 Å². The molecule has 0 saturated carbocycles. The Bertz CT molecular complexity index is 498. The van der Waals surface area contributed by atoms with Gasteiger partial charge in [-0.3, -0.25) is 14.9 Å². The fourth-order valence-corrected chi connectivity index (χ4v) is 2.44. The lowest BCUT2D eigenvalue weighted by Crippen LogP contribution is -2.37. The number of anilines is 1. The first-order chi connectivity index (χ1) is 10.6. The monoisotopic (exact) mass is 306 g/mol. The molecule has 1 aromatic carbocycles. The highest BCUT2D eigenvalue weighted by Crippen LogP contribution is 2.15. The molecular weight excluding hydrogens is 284 g/mol. The predicted octanol–water partition coefficient (Wildman–Crippen LogP) is 1.66. The van der Waals surface area contributed by atoms with E-state index in [1.807, 2.05) is 0 Å². The maximum absolute atomic E-state index is 11.7. The van der Waals surface area contributed by atoms with Crippen LogP contribution < -0.4 is 16.0 Å². The number of rotatable bonds is 8. The van der Waals surface area contributed by atoms with E-state index >= 15 is 0 Å². The summed E-state index contributed by atoms with van der Waals surface area (Å²) < 4.78 is 0. The van der Waals surface area contributed by atoms with Crippen LogP contribution in [0.3, 0.4) is 0 Å². The van der Waals surface area contributed by atoms with Crippen LogP contribution >= 0.6 is 0 Å². The number of carbonyl (C=O) groups excluding carboxylic acids is 1. The Labute approximate surface area is 129 Å². The Balaban J connectivity index is 1.57. The molecule has 3 N–H and O–H groups in total. The SMILES string of the molecule is O=C(CCCNc1ccc([N+](=O)[O-])cc1)NCC1CCCN1. The van der Waals surface area contributed by atoms with Gasteiger partial charge in [-0.15, -0.1) is 0 Å². The van der Waals surface area contributed by atoms with Crippen LogP contribution in [-0.4, -0.2) is 36.5 Å². The van der Waals surface area contributed by atoms with E-state index in [1.165, 1.54) is 18.6 Å². The molecule has 0 bridgehead atoms. The van der Waals surface area contributed by atoms with Crippen LogP contribution in [0.25, 0.3) is 0 Å². The van der Waals surface area contributed by atoms with E-state index in [0.29, 0.717) is 25.6 Å². The van der Waals surface area contributed by atoms with Crippen molar-refractivity contribution in [3.05, 3.63) is 34.4 Å². The molecule has 0 aromatic heterocycles. The van der Waals surface area contributed by atoms with Crippen LogP contribution in [0.1, 0.15) is 25.7 Å². The van der Waals surface area contributed by atoms with Crippen molar-refractivity contribution < 1.29 is 9.72 Å². The second kappa shape index (κ2) is 8.33. The quantitative estimate of drug-likeness (QED) is 0.385. The lowest BCUT2D eigenvalue weighted by Gasteiger charge is -2.11. The molecule has 1 aromatic rings. The van der Waals surface area contributed by atoms with Crippen LogP contribution in [0, 0.1) is 10.1 Å². The second-order valence-electron chi connectivity index (χ2n) is 5.43. The minimum absolute atomic E-state index is 0.0687. The van der Waals surface area contributed by atoms with E-state index < -0.39 is 4.92 Å². The summed E-state index contributed by atoms with van der Waals surface area (Å²) in [5.74, 6) is 0.0687. The third-order valence-electron chi connectivity index (χ3n) is 3.70. The zero-order valence-electron chi connectivity index (χ0n) is 12.5. The van der Waals surface area contributed by atoms with Gasteiger partial charge in [0, 0.05) is 43.4 Å². The Morgan fingerprint density at radius 3 is 2.77 bits per heavy atom. The Morgan fingerprint density at radius 2 is 2.14 bits per heavy atom. The van der Waals surface area contributed by atoms with Crippen LogP contribution in [0.2, 0.25) is 0 Å². The van der Waals surface area contributed by atoms with Crippen molar-refractivity contribution in [3.8, 4) is 0 Å². The van der Waals surface area contributed by atoms with Gasteiger partial charge in [-0.2, -0.15) is 0 Å². The van der Waals surface area contributed by atoms with E-state index in [4.69, 9.17) is 0 Å². The molecule has 120 valence electrons. The summed E-state index contributed by atoms with van der Waals surface area (Å²) in [5.41, 5.74) is 0.895. The van der Waals surface area contributed by atoms with Gasteiger partial charge in [0.25, 0.3) is 5.69 Å². The largest absolute Gasteiger partial charge is 0.385 e. The number of hydrogen-bond acceptors (Lipinski definition) is 5. The predicted molar refractivity (Wildman–Crippen MR) is 84.9 cm³/mol. The molecule has 7 heteroatoms. The summed E-state index contributed by atoms with van der Waals surface area (Å²) in [7, 11) is 0. The first-order valence-corrected chi connectivity index (χ1v) is 7.63. The standard InChI is InChI=1S/C15H22N4O3/c20-15(18-11-13-3-1-9-17-13)4-2-10-16-12-5-7-14(8-6-12)19(21)22/h5-8,13,16-17H,1-4,9-11H2,(H,18,20). The molecule has 1 fully saturated rings. The average Bonchev–Trinajstić information content (AvgIpc) is 3.03. The fraction of sp³-hybridized carbons (Fsp3) is 0.533. The topological polar surface area (TPSA) is 96.3 Å². The van der Waals surface area contributed by atoms with E-state index in [-0.39, 0.29) is 11.6 Å². The third-order valence-corrected chi connectivity index (χ3v) is 3.70. The number of amides is 1. The smallest absolute Gasteiger partial charge is 0.269 e. The first-order valence-electron chi connectivity index (χ1n) is 7.63. The fourth-order valence-electron chi connectivity index (χ4n) is 2.44. The third kappa shape index (κ3) is 5.33. The molecule has 0 spiro atoms. The second-order valence-corrected chi connectivity index (χ2v) is 5.43. The van der Waals surface area contributed by atoms with E-state index in [1.54, 1.807) is 12.1 Å². The summed E-state index contributed by atoms with van der Waals surface area (Å²) in [6.07, 6.45) is 3.51. The average molecular weight is 306 g/mol. The number of hydrogen-bond donors (Lipinski definition) is 3. The molecule has 0 aliphatic carbocycles. The summed E-state index contributed by atoms with van der Waals surface area (Å²) in [5, 5.41) is 20.0. The number of nitrogens with zero attached hydrogens (tertiary/aromatic N) is 1. The Kier molecular flexibility index (Phi) is 6.14. The molecule has 1 amide bonds. The van der Waals surface area contributed by atoms with Crippen LogP contribution in [0.4, 0.5) is 11.4 Å². The van der Waals surface area contributed by atoms with Crippen molar-refractivity contribution in [1.82, 2.24) is 10.6 Å². The van der Waals surface area contributed by atoms with Gasteiger partial charge in [-0.25, -0.2) is 0 Å². The molecule has 22 heavy (non-hydrogen) atoms. The molecule has 7 nitrogen and oxygen atoms in total. The highest BCUT2D eigenvalue weighted by molar-refractivity contribution is 5.75. The summed E-state index contributed by atoms with van der Waals surface area (Å²) in [4.78, 5) is 21.8. The van der Waals surface area contributed by atoms with Crippen molar-refractivity contribution in [2.45, 2.75) is 31.7 Å². The van der Waals surface area contributed by atoms with Gasteiger partial charge in [0.05, 0.1) is 4.92 Å². The Hall–Kier alpha value is -2.15. The van der Waals surface area contributed by atoms with Crippen molar-refractivity contribution in [3.63, 3.8) is 0 Å². The molecule has 0 radical (unpaired) electrons. The summed E-state index contributed by atoms with van der Waals surface area (Å²) >= 11 is 0.